The van der Waals surface area contributed by atoms with Gasteiger partial charge in [-0.05, 0) is 44.6 Å². The molecule has 1 aliphatic heterocycles. The molecule has 2 aromatic rings. The summed E-state index contributed by atoms with van der Waals surface area (Å²) in [7, 11) is 0. The molecule has 0 unspecified atom stereocenters. The number of oxazole rings is 1. The fraction of sp³-hybridized carbons (Fsp3) is 0.591. The summed E-state index contributed by atoms with van der Waals surface area (Å²) in [6, 6.07) is 2.08. The quantitative estimate of drug-likeness (QED) is 0.689. The first kappa shape index (κ1) is 22.4. The monoisotopic (exact) mass is 465 g/mol. The van der Waals surface area contributed by atoms with Gasteiger partial charge in [-0.2, -0.15) is 0 Å². The molecule has 0 bridgehead atoms. The zero-order valence-electron chi connectivity index (χ0n) is 17.8. The molecule has 1 saturated heterocycles. The predicted molar refractivity (Wildman–Crippen MR) is 122 cm³/mol. The van der Waals surface area contributed by atoms with Gasteiger partial charge in [0.15, 0.2) is 5.89 Å². The van der Waals surface area contributed by atoms with Crippen LogP contribution in [0.5, 0.6) is 0 Å². The van der Waals surface area contributed by atoms with Crippen LogP contribution in [0.1, 0.15) is 48.5 Å². The highest BCUT2D eigenvalue weighted by atomic mass is 35.5. The minimum absolute atomic E-state index is 0.154. The lowest BCUT2D eigenvalue weighted by molar-refractivity contribution is 0.0890. The number of aromatic nitrogens is 2. The van der Waals surface area contributed by atoms with E-state index >= 15 is 0 Å². The second-order valence-electron chi connectivity index (χ2n) is 8.51. The Kier molecular flexibility index (Phi) is 7.35. The van der Waals surface area contributed by atoms with Crippen LogP contribution in [-0.4, -0.2) is 59.5 Å². The summed E-state index contributed by atoms with van der Waals surface area (Å²) in [5.41, 5.74) is 0. The third-order valence-electron chi connectivity index (χ3n) is 6.37. The van der Waals surface area contributed by atoms with Crippen molar-refractivity contribution in [2.24, 2.45) is 5.92 Å². The smallest absolute Gasteiger partial charge is 0.288 e. The van der Waals surface area contributed by atoms with E-state index in [-0.39, 0.29) is 11.9 Å². The number of pyridine rings is 1. The number of amides is 1. The van der Waals surface area contributed by atoms with Gasteiger partial charge >= 0.3 is 0 Å². The highest BCUT2D eigenvalue weighted by molar-refractivity contribution is 6.42. The van der Waals surface area contributed by atoms with Crippen molar-refractivity contribution in [3.8, 4) is 0 Å². The second-order valence-corrected chi connectivity index (χ2v) is 9.32. The van der Waals surface area contributed by atoms with E-state index in [1.165, 1.54) is 12.6 Å². The third-order valence-corrected chi connectivity index (χ3v) is 7.08. The summed E-state index contributed by atoms with van der Waals surface area (Å²) >= 11 is 12.1. The molecule has 7 nitrogen and oxygen atoms in total. The molecule has 0 atom stereocenters. The van der Waals surface area contributed by atoms with E-state index in [4.69, 9.17) is 27.6 Å². The summed E-state index contributed by atoms with van der Waals surface area (Å²) in [5.74, 6) is 2.29. The molecule has 0 aromatic carbocycles. The Labute approximate surface area is 193 Å². The Morgan fingerprint density at radius 2 is 1.84 bits per heavy atom. The number of nitrogens with zero attached hydrogens (tertiary/aromatic N) is 4. The second kappa shape index (κ2) is 10.2. The number of carbonyl (C=O) groups excluding carboxylic acids is 1. The highest BCUT2D eigenvalue weighted by Gasteiger charge is 2.25. The van der Waals surface area contributed by atoms with E-state index in [0.29, 0.717) is 21.7 Å². The predicted octanol–water partition coefficient (Wildman–Crippen LogP) is 4.19. The van der Waals surface area contributed by atoms with Gasteiger partial charge in [0.25, 0.3) is 5.91 Å². The largest absolute Gasteiger partial charge is 0.436 e. The van der Waals surface area contributed by atoms with Gasteiger partial charge < -0.3 is 14.6 Å². The summed E-state index contributed by atoms with van der Waals surface area (Å²) in [5, 5.41) is 4.13. The molecule has 2 aliphatic rings. The van der Waals surface area contributed by atoms with E-state index < -0.39 is 0 Å². The van der Waals surface area contributed by atoms with Crippen molar-refractivity contribution in [3.05, 3.63) is 40.2 Å². The van der Waals surface area contributed by atoms with Gasteiger partial charge in [-0.1, -0.05) is 23.2 Å². The van der Waals surface area contributed by atoms with Gasteiger partial charge in [0.05, 0.1) is 16.2 Å². The minimum Gasteiger partial charge on any atom is -0.436 e. The molecule has 2 aromatic heterocycles. The number of anilines is 1. The molecule has 3 heterocycles. The van der Waals surface area contributed by atoms with E-state index in [2.05, 4.69) is 25.1 Å². The standard InChI is InChI=1S/C22H29Cl2N5O2/c1-15-25-14-20(31-15)22(30)27-17-4-2-16(3-5-17)6-7-28-8-10-29(11-9-28)21-12-18(23)19(24)13-26-21/h12-14,16-17H,2-11H2,1H3,(H,27,30). The fourth-order valence-corrected chi connectivity index (χ4v) is 4.71. The summed E-state index contributed by atoms with van der Waals surface area (Å²) in [4.78, 5) is 25.4. The van der Waals surface area contributed by atoms with Gasteiger partial charge in [0.2, 0.25) is 5.76 Å². The van der Waals surface area contributed by atoms with Crippen LogP contribution in [0.4, 0.5) is 5.82 Å². The number of halogens is 2. The molecule has 1 amide bonds. The molecule has 4 rings (SSSR count). The Hall–Kier alpha value is -1.83. The van der Waals surface area contributed by atoms with Crippen LogP contribution >= 0.6 is 23.2 Å². The Morgan fingerprint density at radius 1 is 1.10 bits per heavy atom. The lowest BCUT2D eigenvalue weighted by atomic mass is 9.84. The van der Waals surface area contributed by atoms with Crippen molar-refractivity contribution in [1.29, 1.82) is 0 Å². The average Bonchev–Trinajstić information content (AvgIpc) is 3.22. The molecule has 9 heteroatoms. The maximum absolute atomic E-state index is 12.2. The van der Waals surface area contributed by atoms with Crippen LogP contribution in [0, 0.1) is 12.8 Å². The van der Waals surface area contributed by atoms with Crippen molar-refractivity contribution in [1.82, 2.24) is 20.2 Å². The molecule has 0 radical (unpaired) electrons. The third kappa shape index (κ3) is 5.90. The van der Waals surface area contributed by atoms with Crippen molar-refractivity contribution >= 4 is 34.9 Å². The molecular formula is C22H29Cl2N5O2. The molecule has 31 heavy (non-hydrogen) atoms. The molecule has 2 fully saturated rings. The number of nitrogens with one attached hydrogen (secondary N) is 1. The van der Waals surface area contributed by atoms with E-state index in [1.54, 1.807) is 13.1 Å². The van der Waals surface area contributed by atoms with Gasteiger partial charge in [-0.3, -0.25) is 9.69 Å². The maximum atomic E-state index is 12.2. The number of hydrogen-bond acceptors (Lipinski definition) is 6. The normalized spacial score (nSPS) is 22.5. The van der Waals surface area contributed by atoms with Crippen LogP contribution < -0.4 is 10.2 Å². The molecule has 1 N–H and O–H groups in total. The molecule has 1 aliphatic carbocycles. The Balaban J connectivity index is 1.14. The number of carbonyl (C=O) groups is 1. The van der Waals surface area contributed by atoms with Gasteiger partial charge in [0.1, 0.15) is 5.82 Å². The lowest BCUT2D eigenvalue weighted by Gasteiger charge is -2.36. The van der Waals surface area contributed by atoms with Crippen LogP contribution in [0.2, 0.25) is 10.0 Å². The zero-order chi connectivity index (χ0) is 21.8. The van der Waals surface area contributed by atoms with E-state index in [0.717, 1.165) is 70.1 Å². The highest BCUT2D eigenvalue weighted by Crippen LogP contribution is 2.28. The van der Waals surface area contributed by atoms with Crippen molar-refractivity contribution in [3.63, 3.8) is 0 Å². The van der Waals surface area contributed by atoms with Crippen LogP contribution in [0.25, 0.3) is 0 Å². The van der Waals surface area contributed by atoms with Crippen LogP contribution in [0.3, 0.4) is 0 Å². The number of hydrogen-bond donors (Lipinski definition) is 1. The van der Waals surface area contributed by atoms with Gasteiger partial charge in [0, 0.05) is 51.4 Å². The maximum Gasteiger partial charge on any atom is 0.288 e. The molecule has 0 spiro atoms. The number of aryl methyl sites for hydroxylation is 1. The summed E-state index contributed by atoms with van der Waals surface area (Å²) in [6.45, 7) is 6.83. The van der Waals surface area contributed by atoms with E-state index in [1.807, 2.05) is 6.07 Å². The number of rotatable bonds is 6. The first-order valence-electron chi connectivity index (χ1n) is 11.0. The average molecular weight is 466 g/mol. The first-order valence-corrected chi connectivity index (χ1v) is 11.7. The lowest BCUT2D eigenvalue weighted by Crippen LogP contribution is -2.47. The van der Waals surface area contributed by atoms with Crippen LogP contribution in [-0.2, 0) is 0 Å². The summed E-state index contributed by atoms with van der Waals surface area (Å²) in [6.07, 6.45) is 8.71. The minimum atomic E-state index is -0.154. The first-order chi connectivity index (χ1) is 15.0. The molecule has 168 valence electrons. The van der Waals surface area contributed by atoms with E-state index in [9.17, 15) is 4.79 Å². The zero-order valence-corrected chi connectivity index (χ0v) is 19.3. The number of piperazine rings is 1. The SMILES string of the molecule is Cc1ncc(C(=O)NC2CCC(CCN3CCN(c4cc(Cl)c(Cl)cn4)CC3)CC2)o1. The molecular weight excluding hydrogens is 437 g/mol. The Bertz CT molecular complexity index is 890. The van der Waals surface area contributed by atoms with Crippen molar-refractivity contribution in [2.75, 3.05) is 37.6 Å². The summed E-state index contributed by atoms with van der Waals surface area (Å²) < 4.78 is 5.31. The molecule has 1 saturated carbocycles. The van der Waals surface area contributed by atoms with Crippen molar-refractivity contribution in [2.45, 2.75) is 45.1 Å². The topological polar surface area (TPSA) is 74.5 Å². The fourth-order valence-electron chi connectivity index (χ4n) is 4.46. The Morgan fingerprint density at radius 3 is 2.48 bits per heavy atom. The van der Waals surface area contributed by atoms with Gasteiger partial charge in [-0.25, -0.2) is 9.97 Å². The van der Waals surface area contributed by atoms with Crippen LogP contribution in [0.15, 0.2) is 22.9 Å². The van der Waals surface area contributed by atoms with Crippen molar-refractivity contribution < 1.29 is 9.21 Å². The van der Waals surface area contributed by atoms with Gasteiger partial charge in [-0.15, -0.1) is 0 Å².